The summed E-state index contributed by atoms with van der Waals surface area (Å²) in [6.45, 7) is 2.18. The van der Waals surface area contributed by atoms with Crippen molar-refractivity contribution in [1.82, 2.24) is 4.98 Å². The number of furan rings is 1. The molecule has 4 rings (SSSR count). The van der Waals surface area contributed by atoms with Crippen molar-refractivity contribution >= 4 is 28.1 Å². The third kappa shape index (κ3) is 3.05. The van der Waals surface area contributed by atoms with Crippen LogP contribution >= 0.6 is 11.3 Å². The number of carbonyl (C=O) groups is 1. The van der Waals surface area contributed by atoms with Crippen LogP contribution < -0.4 is 10.2 Å². The number of hydrogen-bond donors (Lipinski definition) is 1. The van der Waals surface area contributed by atoms with Crippen LogP contribution in [0.5, 0.6) is 0 Å². The smallest absolute Gasteiger partial charge is 0.291 e. The molecule has 0 radical (unpaired) electrons. The Hall–Kier alpha value is -2.60. The van der Waals surface area contributed by atoms with Crippen LogP contribution in [0.3, 0.4) is 0 Å². The maximum Gasteiger partial charge on any atom is 0.291 e. The highest BCUT2D eigenvalue weighted by Crippen LogP contribution is 2.30. The fraction of sp³-hybridized carbons (Fsp3) is 0.222. The third-order valence-electron chi connectivity index (χ3n) is 4.03. The van der Waals surface area contributed by atoms with Crippen LogP contribution in [-0.2, 0) is 0 Å². The lowest BCUT2D eigenvalue weighted by Crippen LogP contribution is -2.17. The molecule has 1 aliphatic rings. The van der Waals surface area contributed by atoms with Crippen molar-refractivity contribution < 1.29 is 9.21 Å². The molecule has 1 N–H and O–H groups in total. The molecule has 24 heavy (non-hydrogen) atoms. The van der Waals surface area contributed by atoms with Gasteiger partial charge in [-0.25, -0.2) is 4.98 Å². The van der Waals surface area contributed by atoms with Gasteiger partial charge >= 0.3 is 0 Å². The Morgan fingerprint density at radius 1 is 1.21 bits per heavy atom. The number of amides is 1. The van der Waals surface area contributed by atoms with Gasteiger partial charge in [-0.05, 0) is 37.1 Å². The van der Waals surface area contributed by atoms with Crippen molar-refractivity contribution in [3.63, 3.8) is 0 Å². The molecular weight excluding hydrogens is 322 g/mol. The zero-order valence-corrected chi connectivity index (χ0v) is 13.9. The van der Waals surface area contributed by atoms with E-state index in [0.717, 1.165) is 35.2 Å². The van der Waals surface area contributed by atoms with Gasteiger partial charge in [0.15, 0.2) is 10.9 Å². The summed E-state index contributed by atoms with van der Waals surface area (Å²) in [6.07, 6.45) is 3.97. The van der Waals surface area contributed by atoms with E-state index in [9.17, 15) is 4.79 Å². The Morgan fingerprint density at radius 3 is 2.88 bits per heavy atom. The number of nitrogens with zero attached hydrogens (tertiary/aromatic N) is 2. The molecule has 5 nitrogen and oxygen atoms in total. The van der Waals surface area contributed by atoms with E-state index in [2.05, 4.69) is 15.6 Å². The quantitative estimate of drug-likeness (QED) is 0.772. The molecule has 2 aromatic heterocycles. The number of aromatic nitrogens is 1. The van der Waals surface area contributed by atoms with Gasteiger partial charge in [0.2, 0.25) is 0 Å². The van der Waals surface area contributed by atoms with Crippen LogP contribution in [0, 0.1) is 0 Å². The van der Waals surface area contributed by atoms with E-state index >= 15 is 0 Å². The summed E-state index contributed by atoms with van der Waals surface area (Å²) in [6, 6.07) is 11.1. The first-order valence-electron chi connectivity index (χ1n) is 7.95. The van der Waals surface area contributed by atoms with Crippen LogP contribution in [0.2, 0.25) is 0 Å². The van der Waals surface area contributed by atoms with Crippen LogP contribution in [0.4, 0.5) is 10.8 Å². The molecule has 3 aromatic rings. The van der Waals surface area contributed by atoms with Crippen molar-refractivity contribution in [3.05, 3.63) is 53.8 Å². The first-order valence-corrected chi connectivity index (χ1v) is 8.83. The summed E-state index contributed by atoms with van der Waals surface area (Å²) in [5.41, 5.74) is 2.66. The monoisotopic (exact) mass is 339 g/mol. The fourth-order valence-electron chi connectivity index (χ4n) is 2.81. The van der Waals surface area contributed by atoms with Crippen LogP contribution in [0.25, 0.3) is 11.3 Å². The fourth-order valence-corrected chi connectivity index (χ4v) is 3.70. The predicted octanol–water partition coefficient (Wildman–Crippen LogP) is 4.26. The van der Waals surface area contributed by atoms with Gasteiger partial charge in [0.1, 0.15) is 0 Å². The van der Waals surface area contributed by atoms with Crippen molar-refractivity contribution in [2.75, 3.05) is 23.3 Å². The number of anilines is 2. The van der Waals surface area contributed by atoms with Crippen molar-refractivity contribution in [3.8, 4) is 11.3 Å². The van der Waals surface area contributed by atoms with E-state index in [1.54, 1.807) is 23.5 Å². The molecule has 0 atom stereocenters. The van der Waals surface area contributed by atoms with E-state index in [0.29, 0.717) is 5.76 Å². The maximum atomic E-state index is 12.1. The molecule has 1 aromatic carbocycles. The molecule has 0 unspecified atom stereocenters. The van der Waals surface area contributed by atoms with E-state index in [-0.39, 0.29) is 5.91 Å². The minimum absolute atomic E-state index is 0.256. The highest BCUT2D eigenvalue weighted by atomic mass is 32.1. The van der Waals surface area contributed by atoms with Crippen molar-refractivity contribution in [2.24, 2.45) is 0 Å². The maximum absolute atomic E-state index is 12.1. The Balaban J connectivity index is 1.53. The van der Waals surface area contributed by atoms with Crippen LogP contribution in [0.1, 0.15) is 23.4 Å². The van der Waals surface area contributed by atoms with Gasteiger partial charge in [0.25, 0.3) is 5.91 Å². The molecule has 1 amide bonds. The summed E-state index contributed by atoms with van der Waals surface area (Å²) in [7, 11) is 0. The number of carbonyl (C=O) groups excluding carboxylic acids is 1. The van der Waals surface area contributed by atoms with Gasteiger partial charge in [-0.2, -0.15) is 0 Å². The first kappa shape index (κ1) is 15.0. The average Bonchev–Trinajstić information content (AvgIpc) is 3.36. The summed E-state index contributed by atoms with van der Waals surface area (Å²) in [4.78, 5) is 19.2. The van der Waals surface area contributed by atoms with E-state index in [4.69, 9.17) is 9.40 Å². The van der Waals surface area contributed by atoms with E-state index in [1.807, 2.05) is 24.3 Å². The molecule has 0 aliphatic carbocycles. The largest absolute Gasteiger partial charge is 0.459 e. The van der Waals surface area contributed by atoms with Gasteiger partial charge in [-0.15, -0.1) is 11.3 Å². The highest BCUT2D eigenvalue weighted by molar-refractivity contribution is 7.14. The lowest BCUT2D eigenvalue weighted by Gasteiger charge is -2.12. The lowest BCUT2D eigenvalue weighted by atomic mass is 10.1. The molecule has 1 saturated heterocycles. The normalized spacial score (nSPS) is 14.1. The molecule has 6 heteroatoms. The van der Waals surface area contributed by atoms with Crippen molar-refractivity contribution in [1.29, 1.82) is 0 Å². The molecule has 122 valence electrons. The van der Waals surface area contributed by atoms with Gasteiger partial charge in [-0.1, -0.05) is 12.1 Å². The summed E-state index contributed by atoms with van der Waals surface area (Å²) in [5.74, 6) is 0.0403. The Labute approximate surface area is 143 Å². The average molecular weight is 339 g/mol. The van der Waals surface area contributed by atoms with Crippen LogP contribution in [0.15, 0.2) is 52.5 Å². The molecule has 0 spiro atoms. The molecular formula is C18H17N3O2S. The minimum atomic E-state index is -0.256. The molecule has 0 bridgehead atoms. The second-order valence-corrected chi connectivity index (χ2v) is 6.56. The lowest BCUT2D eigenvalue weighted by molar-refractivity contribution is 0.0996. The molecule has 1 aliphatic heterocycles. The number of hydrogen-bond acceptors (Lipinski definition) is 5. The second-order valence-electron chi connectivity index (χ2n) is 5.72. The van der Waals surface area contributed by atoms with Gasteiger partial charge in [-0.3, -0.25) is 4.79 Å². The number of rotatable bonds is 4. The second kappa shape index (κ2) is 6.49. The third-order valence-corrected chi connectivity index (χ3v) is 4.93. The number of benzene rings is 1. The first-order chi connectivity index (χ1) is 11.8. The number of thiazole rings is 1. The van der Waals surface area contributed by atoms with Crippen molar-refractivity contribution in [2.45, 2.75) is 12.8 Å². The Bertz CT molecular complexity index is 836. The van der Waals surface area contributed by atoms with Gasteiger partial charge in [0.05, 0.1) is 12.0 Å². The van der Waals surface area contributed by atoms with Gasteiger partial charge < -0.3 is 14.6 Å². The predicted molar refractivity (Wildman–Crippen MR) is 95.7 cm³/mol. The van der Waals surface area contributed by atoms with Crippen LogP contribution in [-0.4, -0.2) is 24.0 Å². The Morgan fingerprint density at radius 2 is 2.08 bits per heavy atom. The summed E-state index contributed by atoms with van der Waals surface area (Å²) < 4.78 is 5.11. The Kier molecular flexibility index (Phi) is 4.04. The summed E-state index contributed by atoms with van der Waals surface area (Å²) in [5, 5.41) is 6.00. The number of nitrogens with one attached hydrogen (secondary N) is 1. The summed E-state index contributed by atoms with van der Waals surface area (Å²) >= 11 is 1.67. The molecule has 1 fully saturated rings. The standard InChI is InChI=1S/C18H17N3O2S/c22-17(16-7-4-10-23-16)19-14-6-3-5-13(11-14)15-12-24-18(20-15)21-8-1-2-9-21/h3-7,10-12H,1-2,8-9H2,(H,19,22). The van der Waals surface area contributed by atoms with E-state index < -0.39 is 0 Å². The van der Waals surface area contributed by atoms with Gasteiger partial charge in [0, 0.05) is 29.7 Å². The topological polar surface area (TPSA) is 58.4 Å². The minimum Gasteiger partial charge on any atom is -0.459 e. The molecule has 0 saturated carbocycles. The molecule has 3 heterocycles. The zero-order chi connectivity index (χ0) is 16.4. The zero-order valence-electron chi connectivity index (χ0n) is 13.1. The van der Waals surface area contributed by atoms with E-state index in [1.165, 1.54) is 19.1 Å². The SMILES string of the molecule is O=C(Nc1cccc(-c2csc(N3CCCC3)n2)c1)c1ccco1. The highest BCUT2D eigenvalue weighted by Gasteiger charge is 2.16.